The average Bonchev–Trinajstić information content (AvgIpc) is 2.66. The molecule has 1 aliphatic rings. The van der Waals surface area contributed by atoms with Crippen LogP contribution in [0.3, 0.4) is 0 Å². The molecule has 0 N–H and O–H groups in total. The Hall–Kier alpha value is -2.93. The molecule has 2 aromatic carbocycles. The smallest absolute Gasteiger partial charge is 0.339 e. The SMILES string of the molecule is C[C@H](OC(=O)c1ccc(Cl)c([N+](=O)[O-])c1)C(=O)N1CCc2ccccc2C1. The van der Waals surface area contributed by atoms with Crippen molar-refractivity contribution in [3.63, 3.8) is 0 Å². The van der Waals surface area contributed by atoms with E-state index in [0.717, 1.165) is 18.1 Å². The van der Waals surface area contributed by atoms with Gasteiger partial charge in [0, 0.05) is 19.2 Å². The molecule has 7 nitrogen and oxygen atoms in total. The summed E-state index contributed by atoms with van der Waals surface area (Å²) in [6.45, 7) is 2.50. The molecule has 1 amide bonds. The Morgan fingerprint density at radius 1 is 1.22 bits per heavy atom. The third-order valence-corrected chi connectivity index (χ3v) is 4.77. The number of esters is 1. The standard InChI is InChI=1S/C19H17ClN2O5/c1-12(18(23)21-9-8-13-4-2-3-5-15(13)11-21)27-19(24)14-6-7-16(20)17(10-14)22(25)26/h2-7,10,12H,8-9,11H2,1H3/t12-/m0/s1. The predicted octanol–water partition coefficient (Wildman–Crippen LogP) is 3.38. The summed E-state index contributed by atoms with van der Waals surface area (Å²) in [5, 5.41) is 10.9. The maximum Gasteiger partial charge on any atom is 0.339 e. The first-order chi connectivity index (χ1) is 12.9. The molecule has 1 atom stereocenters. The summed E-state index contributed by atoms with van der Waals surface area (Å²) in [5.41, 5.74) is 1.86. The molecule has 3 rings (SSSR count). The van der Waals surface area contributed by atoms with Crippen molar-refractivity contribution in [3.8, 4) is 0 Å². The van der Waals surface area contributed by atoms with Crippen molar-refractivity contribution in [2.45, 2.75) is 26.0 Å². The fourth-order valence-electron chi connectivity index (χ4n) is 3.00. The number of nitro groups is 1. The van der Waals surface area contributed by atoms with Crippen LogP contribution in [0.5, 0.6) is 0 Å². The van der Waals surface area contributed by atoms with Crippen molar-refractivity contribution in [1.82, 2.24) is 4.90 Å². The van der Waals surface area contributed by atoms with Crippen LogP contribution in [-0.4, -0.2) is 34.3 Å². The molecular formula is C19H17ClN2O5. The van der Waals surface area contributed by atoms with Crippen molar-refractivity contribution in [2.75, 3.05) is 6.54 Å². The second kappa shape index (κ2) is 7.75. The molecule has 0 saturated heterocycles. The van der Waals surface area contributed by atoms with Gasteiger partial charge in [-0.2, -0.15) is 0 Å². The van der Waals surface area contributed by atoms with E-state index in [1.165, 1.54) is 24.6 Å². The van der Waals surface area contributed by atoms with Gasteiger partial charge in [0.05, 0.1) is 10.5 Å². The van der Waals surface area contributed by atoms with Gasteiger partial charge in [-0.25, -0.2) is 4.79 Å². The van der Waals surface area contributed by atoms with Gasteiger partial charge in [0.2, 0.25) is 0 Å². The molecule has 0 aliphatic carbocycles. The van der Waals surface area contributed by atoms with E-state index in [2.05, 4.69) is 0 Å². The molecule has 0 fully saturated rings. The number of hydrogen-bond donors (Lipinski definition) is 0. The molecule has 0 radical (unpaired) electrons. The van der Waals surface area contributed by atoms with Crippen molar-refractivity contribution in [2.24, 2.45) is 0 Å². The van der Waals surface area contributed by atoms with Crippen LogP contribution in [-0.2, 0) is 22.5 Å². The summed E-state index contributed by atoms with van der Waals surface area (Å²) >= 11 is 5.74. The van der Waals surface area contributed by atoms with Crippen LogP contribution >= 0.6 is 11.6 Å². The topological polar surface area (TPSA) is 89.7 Å². The van der Waals surface area contributed by atoms with E-state index in [1.54, 1.807) is 4.90 Å². The van der Waals surface area contributed by atoms with Gasteiger partial charge >= 0.3 is 5.97 Å². The van der Waals surface area contributed by atoms with Crippen LogP contribution in [0.1, 0.15) is 28.4 Å². The minimum Gasteiger partial charge on any atom is -0.449 e. The normalized spacial score (nSPS) is 14.2. The van der Waals surface area contributed by atoms with Crippen molar-refractivity contribution in [3.05, 3.63) is 74.3 Å². The van der Waals surface area contributed by atoms with Crippen LogP contribution in [0.15, 0.2) is 42.5 Å². The third-order valence-electron chi connectivity index (χ3n) is 4.45. The zero-order chi connectivity index (χ0) is 19.6. The van der Waals surface area contributed by atoms with E-state index in [0.29, 0.717) is 13.1 Å². The second-order valence-corrected chi connectivity index (χ2v) is 6.66. The summed E-state index contributed by atoms with van der Waals surface area (Å²) in [6, 6.07) is 11.5. The maximum absolute atomic E-state index is 12.6. The number of carbonyl (C=O) groups excluding carboxylic acids is 2. The fourth-order valence-corrected chi connectivity index (χ4v) is 3.19. The lowest BCUT2D eigenvalue weighted by molar-refractivity contribution is -0.384. The third kappa shape index (κ3) is 4.09. The number of benzene rings is 2. The fraction of sp³-hybridized carbons (Fsp3) is 0.263. The number of fused-ring (bicyclic) bond motifs is 1. The number of nitro benzene ring substituents is 1. The summed E-state index contributed by atoms with van der Waals surface area (Å²) in [5.74, 6) is -1.12. The Morgan fingerprint density at radius 3 is 2.63 bits per heavy atom. The molecule has 0 aromatic heterocycles. The summed E-state index contributed by atoms with van der Waals surface area (Å²) < 4.78 is 5.22. The van der Waals surface area contributed by atoms with E-state index in [-0.39, 0.29) is 16.5 Å². The molecular weight excluding hydrogens is 372 g/mol. The Bertz CT molecular complexity index is 915. The Kier molecular flexibility index (Phi) is 5.41. The first-order valence-corrected chi connectivity index (χ1v) is 8.75. The zero-order valence-corrected chi connectivity index (χ0v) is 15.3. The lowest BCUT2D eigenvalue weighted by Crippen LogP contribution is -2.42. The van der Waals surface area contributed by atoms with Crippen LogP contribution in [0, 0.1) is 10.1 Å². The highest BCUT2D eigenvalue weighted by Crippen LogP contribution is 2.26. The number of carbonyl (C=O) groups is 2. The van der Waals surface area contributed by atoms with Gasteiger partial charge in [0.1, 0.15) is 5.02 Å². The van der Waals surface area contributed by atoms with Gasteiger partial charge in [-0.15, -0.1) is 0 Å². The first-order valence-electron chi connectivity index (χ1n) is 8.37. The van der Waals surface area contributed by atoms with Gasteiger partial charge in [-0.3, -0.25) is 14.9 Å². The number of nitrogens with zero attached hydrogens (tertiary/aromatic N) is 2. The molecule has 2 aromatic rings. The van der Waals surface area contributed by atoms with E-state index in [9.17, 15) is 19.7 Å². The quantitative estimate of drug-likeness (QED) is 0.455. The lowest BCUT2D eigenvalue weighted by Gasteiger charge is -2.30. The highest BCUT2D eigenvalue weighted by molar-refractivity contribution is 6.32. The minimum absolute atomic E-state index is 0.0326. The molecule has 1 heterocycles. The van der Waals surface area contributed by atoms with E-state index < -0.39 is 22.7 Å². The lowest BCUT2D eigenvalue weighted by atomic mass is 9.99. The minimum atomic E-state index is -1.00. The molecule has 1 aliphatic heterocycles. The largest absolute Gasteiger partial charge is 0.449 e. The van der Waals surface area contributed by atoms with E-state index in [4.69, 9.17) is 16.3 Å². The zero-order valence-electron chi connectivity index (χ0n) is 14.6. The molecule has 0 unspecified atom stereocenters. The molecule has 0 bridgehead atoms. The number of ether oxygens (including phenoxy) is 1. The van der Waals surface area contributed by atoms with Crippen LogP contribution in [0.25, 0.3) is 0 Å². The van der Waals surface area contributed by atoms with Gasteiger partial charge in [0.15, 0.2) is 6.10 Å². The van der Waals surface area contributed by atoms with E-state index >= 15 is 0 Å². The maximum atomic E-state index is 12.6. The van der Waals surface area contributed by atoms with Crippen molar-refractivity contribution < 1.29 is 19.2 Å². The Morgan fingerprint density at radius 2 is 1.93 bits per heavy atom. The Balaban J connectivity index is 1.67. The average molecular weight is 389 g/mol. The van der Waals surface area contributed by atoms with Crippen LogP contribution in [0.2, 0.25) is 5.02 Å². The summed E-state index contributed by atoms with van der Waals surface area (Å²) in [7, 11) is 0. The number of halogens is 1. The molecule has 27 heavy (non-hydrogen) atoms. The number of hydrogen-bond acceptors (Lipinski definition) is 5. The highest BCUT2D eigenvalue weighted by atomic mass is 35.5. The molecule has 8 heteroatoms. The summed E-state index contributed by atoms with van der Waals surface area (Å²) in [4.78, 5) is 36.8. The van der Waals surface area contributed by atoms with Crippen LogP contribution < -0.4 is 0 Å². The number of amides is 1. The molecule has 0 saturated carbocycles. The highest BCUT2D eigenvalue weighted by Gasteiger charge is 2.28. The molecule has 0 spiro atoms. The van der Waals surface area contributed by atoms with Crippen molar-refractivity contribution >= 4 is 29.2 Å². The van der Waals surface area contributed by atoms with Gasteiger partial charge in [0.25, 0.3) is 11.6 Å². The summed E-state index contributed by atoms with van der Waals surface area (Å²) in [6.07, 6.45) is -0.260. The van der Waals surface area contributed by atoms with Gasteiger partial charge in [-0.1, -0.05) is 35.9 Å². The Labute approximate surface area is 160 Å². The van der Waals surface area contributed by atoms with Crippen molar-refractivity contribution in [1.29, 1.82) is 0 Å². The monoisotopic (exact) mass is 388 g/mol. The number of rotatable bonds is 4. The molecule has 140 valence electrons. The van der Waals surface area contributed by atoms with Crippen LogP contribution in [0.4, 0.5) is 5.69 Å². The predicted molar refractivity (Wildman–Crippen MR) is 98.5 cm³/mol. The second-order valence-electron chi connectivity index (χ2n) is 6.25. The van der Waals surface area contributed by atoms with Gasteiger partial charge in [-0.05, 0) is 36.6 Å². The van der Waals surface area contributed by atoms with E-state index in [1.807, 2.05) is 24.3 Å². The van der Waals surface area contributed by atoms with Gasteiger partial charge < -0.3 is 9.64 Å². The first kappa shape index (κ1) is 18.8.